The maximum Gasteiger partial charge on any atom is 0.227 e. The van der Waals surface area contributed by atoms with E-state index >= 15 is 0 Å². The van der Waals surface area contributed by atoms with Gasteiger partial charge in [-0.15, -0.1) is 0 Å². The van der Waals surface area contributed by atoms with Crippen molar-refractivity contribution in [2.45, 2.75) is 33.1 Å². The summed E-state index contributed by atoms with van der Waals surface area (Å²) in [6.45, 7) is 6.63. The molecule has 0 spiro atoms. The Balaban J connectivity index is 1.87. The van der Waals surface area contributed by atoms with E-state index < -0.39 is 0 Å². The van der Waals surface area contributed by atoms with Crippen molar-refractivity contribution in [2.24, 2.45) is 5.92 Å². The van der Waals surface area contributed by atoms with Crippen LogP contribution < -0.4 is 4.74 Å². The van der Waals surface area contributed by atoms with E-state index in [4.69, 9.17) is 4.74 Å². The highest BCUT2D eigenvalue weighted by atomic mass is 16.5. The summed E-state index contributed by atoms with van der Waals surface area (Å²) in [7, 11) is 1.62. The third-order valence-corrected chi connectivity index (χ3v) is 4.77. The number of hydrogen-bond acceptors (Lipinski definition) is 3. The number of carbonyl (C=O) groups excluding carboxylic acids is 2. The van der Waals surface area contributed by atoms with Crippen LogP contribution in [0.5, 0.6) is 5.75 Å². The van der Waals surface area contributed by atoms with Crippen molar-refractivity contribution < 1.29 is 14.3 Å². The smallest absolute Gasteiger partial charge is 0.227 e. The number of amides is 2. The molecule has 1 aliphatic heterocycles. The first kappa shape index (κ1) is 18.3. The monoisotopic (exact) mass is 332 g/mol. The van der Waals surface area contributed by atoms with Crippen LogP contribution in [-0.2, 0) is 16.0 Å². The molecule has 1 aromatic carbocycles. The van der Waals surface area contributed by atoms with E-state index in [-0.39, 0.29) is 17.7 Å². The molecule has 5 nitrogen and oxygen atoms in total. The number of rotatable bonds is 6. The third-order valence-electron chi connectivity index (χ3n) is 4.77. The number of ether oxygens (including phenoxy) is 1. The van der Waals surface area contributed by atoms with E-state index in [9.17, 15) is 9.59 Å². The molecule has 0 aliphatic carbocycles. The molecule has 132 valence electrons. The second-order valence-electron chi connectivity index (χ2n) is 6.25. The highest BCUT2D eigenvalue weighted by molar-refractivity contribution is 5.81. The van der Waals surface area contributed by atoms with Gasteiger partial charge in [0.2, 0.25) is 11.8 Å². The standard InChI is InChI=1S/C19H28N2O3/c1-4-16(5-2)19(23)21-11-9-20(10-12-21)18(22)14-15-7-6-8-17(13-15)24-3/h6-8,13,16H,4-5,9-12,14H2,1-3H3. The van der Waals surface area contributed by atoms with Crippen molar-refractivity contribution in [1.29, 1.82) is 0 Å². The van der Waals surface area contributed by atoms with Crippen molar-refractivity contribution in [1.82, 2.24) is 9.80 Å². The Morgan fingerprint density at radius 3 is 2.29 bits per heavy atom. The molecule has 2 amide bonds. The molecular formula is C19H28N2O3. The van der Waals surface area contributed by atoms with Gasteiger partial charge in [0.1, 0.15) is 5.75 Å². The molecule has 0 unspecified atom stereocenters. The Morgan fingerprint density at radius 1 is 1.08 bits per heavy atom. The minimum absolute atomic E-state index is 0.109. The highest BCUT2D eigenvalue weighted by Gasteiger charge is 2.27. The Hall–Kier alpha value is -2.04. The normalized spacial score (nSPS) is 14.8. The molecule has 0 aromatic heterocycles. The lowest BCUT2D eigenvalue weighted by atomic mass is 10.0. The molecule has 0 atom stereocenters. The maximum absolute atomic E-state index is 12.5. The number of piperazine rings is 1. The summed E-state index contributed by atoms with van der Waals surface area (Å²) < 4.78 is 5.20. The van der Waals surface area contributed by atoms with Gasteiger partial charge in [0, 0.05) is 32.1 Å². The molecule has 0 bridgehead atoms. The van der Waals surface area contributed by atoms with Crippen molar-refractivity contribution in [2.75, 3.05) is 33.3 Å². The lowest BCUT2D eigenvalue weighted by Gasteiger charge is -2.36. The second kappa shape index (κ2) is 8.71. The van der Waals surface area contributed by atoms with Gasteiger partial charge in [0.15, 0.2) is 0 Å². The van der Waals surface area contributed by atoms with E-state index in [1.165, 1.54) is 0 Å². The van der Waals surface area contributed by atoms with Gasteiger partial charge in [-0.1, -0.05) is 26.0 Å². The molecular weight excluding hydrogens is 304 g/mol. The Labute approximate surface area is 144 Å². The zero-order valence-corrected chi connectivity index (χ0v) is 15.0. The average molecular weight is 332 g/mol. The fourth-order valence-electron chi connectivity index (χ4n) is 3.14. The Morgan fingerprint density at radius 2 is 1.71 bits per heavy atom. The van der Waals surface area contributed by atoms with E-state index in [1.54, 1.807) is 7.11 Å². The molecule has 0 radical (unpaired) electrons. The van der Waals surface area contributed by atoms with Gasteiger partial charge in [0.05, 0.1) is 13.5 Å². The van der Waals surface area contributed by atoms with Gasteiger partial charge in [0.25, 0.3) is 0 Å². The summed E-state index contributed by atoms with van der Waals surface area (Å²) in [5.74, 6) is 1.22. The van der Waals surface area contributed by atoms with E-state index in [0.717, 1.165) is 24.2 Å². The van der Waals surface area contributed by atoms with Gasteiger partial charge < -0.3 is 14.5 Å². The first-order valence-electron chi connectivity index (χ1n) is 8.78. The van der Waals surface area contributed by atoms with Gasteiger partial charge >= 0.3 is 0 Å². The highest BCUT2D eigenvalue weighted by Crippen LogP contribution is 2.16. The molecule has 1 heterocycles. The molecule has 0 saturated carbocycles. The number of carbonyl (C=O) groups is 2. The van der Waals surface area contributed by atoms with Crippen LogP contribution in [0.4, 0.5) is 0 Å². The predicted molar refractivity (Wildman–Crippen MR) is 93.9 cm³/mol. The Bertz CT molecular complexity index is 561. The van der Waals surface area contributed by atoms with Crippen LogP contribution >= 0.6 is 0 Å². The summed E-state index contributed by atoms with van der Waals surface area (Å²) in [5.41, 5.74) is 0.954. The molecule has 5 heteroatoms. The van der Waals surface area contributed by atoms with Crippen LogP contribution in [0.2, 0.25) is 0 Å². The van der Waals surface area contributed by atoms with E-state index in [1.807, 2.05) is 34.1 Å². The number of methoxy groups -OCH3 is 1. The van der Waals surface area contributed by atoms with Crippen LogP contribution in [0, 0.1) is 5.92 Å². The Kier molecular flexibility index (Phi) is 6.64. The predicted octanol–water partition coefficient (Wildman–Crippen LogP) is 2.34. The quantitative estimate of drug-likeness (QED) is 0.803. The summed E-state index contributed by atoms with van der Waals surface area (Å²) >= 11 is 0. The van der Waals surface area contributed by atoms with Gasteiger partial charge in [-0.05, 0) is 30.5 Å². The first-order valence-corrected chi connectivity index (χ1v) is 8.78. The minimum atomic E-state index is 0.109. The maximum atomic E-state index is 12.5. The first-order chi connectivity index (χ1) is 11.6. The fourth-order valence-corrected chi connectivity index (χ4v) is 3.14. The molecule has 24 heavy (non-hydrogen) atoms. The van der Waals surface area contributed by atoms with Crippen molar-refractivity contribution in [3.8, 4) is 5.75 Å². The summed E-state index contributed by atoms with van der Waals surface area (Å²) in [5, 5.41) is 0. The van der Waals surface area contributed by atoms with Crippen LogP contribution in [0.25, 0.3) is 0 Å². The summed E-state index contributed by atoms with van der Waals surface area (Å²) in [4.78, 5) is 28.6. The van der Waals surface area contributed by atoms with Crippen LogP contribution in [0.1, 0.15) is 32.3 Å². The minimum Gasteiger partial charge on any atom is -0.497 e. The van der Waals surface area contributed by atoms with Crippen LogP contribution in [0.15, 0.2) is 24.3 Å². The number of benzene rings is 1. The fraction of sp³-hybridized carbons (Fsp3) is 0.579. The van der Waals surface area contributed by atoms with Gasteiger partial charge in [-0.3, -0.25) is 9.59 Å². The number of hydrogen-bond donors (Lipinski definition) is 0. The van der Waals surface area contributed by atoms with Crippen LogP contribution in [-0.4, -0.2) is 54.9 Å². The topological polar surface area (TPSA) is 49.9 Å². The summed E-state index contributed by atoms with van der Waals surface area (Å²) in [6.07, 6.45) is 2.13. The molecule has 1 aromatic rings. The van der Waals surface area contributed by atoms with Gasteiger partial charge in [-0.2, -0.15) is 0 Å². The second-order valence-corrected chi connectivity index (χ2v) is 6.25. The van der Waals surface area contributed by atoms with Crippen molar-refractivity contribution >= 4 is 11.8 Å². The molecule has 1 fully saturated rings. The van der Waals surface area contributed by atoms with E-state index in [0.29, 0.717) is 32.6 Å². The lowest BCUT2D eigenvalue weighted by molar-refractivity contribution is -0.142. The molecule has 1 saturated heterocycles. The third kappa shape index (κ3) is 4.49. The van der Waals surface area contributed by atoms with Crippen molar-refractivity contribution in [3.05, 3.63) is 29.8 Å². The zero-order valence-electron chi connectivity index (χ0n) is 15.0. The van der Waals surface area contributed by atoms with E-state index in [2.05, 4.69) is 13.8 Å². The number of nitrogens with zero attached hydrogens (tertiary/aromatic N) is 2. The molecule has 0 N–H and O–H groups in total. The summed E-state index contributed by atoms with van der Waals surface area (Å²) in [6, 6.07) is 7.60. The lowest BCUT2D eigenvalue weighted by Crippen LogP contribution is -2.52. The largest absolute Gasteiger partial charge is 0.497 e. The molecule has 1 aliphatic rings. The zero-order chi connectivity index (χ0) is 17.5. The average Bonchev–Trinajstić information content (AvgIpc) is 2.63. The molecule has 2 rings (SSSR count). The van der Waals surface area contributed by atoms with Gasteiger partial charge in [-0.25, -0.2) is 0 Å². The van der Waals surface area contributed by atoms with Crippen LogP contribution in [0.3, 0.4) is 0 Å². The SMILES string of the molecule is CCC(CC)C(=O)N1CCN(C(=O)Cc2cccc(OC)c2)CC1. The van der Waals surface area contributed by atoms with Crippen molar-refractivity contribution in [3.63, 3.8) is 0 Å².